The molecule has 4 rings (SSSR count). The summed E-state index contributed by atoms with van der Waals surface area (Å²) >= 11 is 0. The summed E-state index contributed by atoms with van der Waals surface area (Å²) in [5.74, 6) is -0.389. The number of rotatable bonds is 4. The quantitative estimate of drug-likeness (QED) is 0.632. The lowest BCUT2D eigenvalue weighted by atomic mass is 10.0. The molecule has 0 saturated heterocycles. The van der Waals surface area contributed by atoms with Gasteiger partial charge in [-0.15, -0.1) is 12.4 Å². The van der Waals surface area contributed by atoms with Crippen molar-refractivity contribution >= 4 is 28.2 Å². The number of nitrogen functional groups attached to an aromatic ring is 1. The topological polar surface area (TPSA) is 98.8 Å². The van der Waals surface area contributed by atoms with E-state index in [1.54, 1.807) is 24.3 Å². The third-order valence-electron chi connectivity index (χ3n) is 5.29. The second kappa shape index (κ2) is 9.06. The van der Waals surface area contributed by atoms with Crippen LogP contribution in [0.2, 0.25) is 0 Å². The van der Waals surface area contributed by atoms with Crippen LogP contribution >= 0.6 is 12.4 Å². The van der Waals surface area contributed by atoms with Crippen LogP contribution in [0.25, 0.3) is 22.3 Å². The number of hydrogen-bond acceptors (Lipinski definition) is 6. The first-order valence-electron chi connectivity index (χ1n) is 9.53. The van der Waals surface area contributed by atoms with Gasteiger partial charge in [-0.2, -0.15) is 0 Å². The Kier molecular flexibility index (Phi) is 6.67. The molecule has 9 heteroatoms. The van der Waals surface area contributed by atoms with Crippen molar-refractivity contribution in [3.8, 4) is 22.3 Å². The zero-order valence-corrected chi connectivity index (χ0v) is 17.8. The molecule has 3 aromatic rings. The predicted molar refractivity (Wildman–Crippen MR) is 116 cm³/mol. The lowest BCUT2D eigenvalue weighted by molar-refractivity contribution is 0.482. The molecule has 0 unspecified atom stereocenters. The Morgan fingerprint density at radius 2 is 1.63 bits per heavy atom. The van der Waals surface area contributed by atoms with Crippen LogP contribution in [0, 0.1) is 5.82 Å². The first-order chi connectivity index (χ1) is 14.0. The van der Waals surface area contributed by atoms with Crippen molar-refractivity contribution < 1.29 is 12.8 Å². The summed E-state index contributed by atoms with van der Waals surface area (Å²) in [7, 11) is -3.59. The molecule has 30 heavy (non-hydrogen) atoms. The van der Waals surface area contributed by atoms with Crippen LogP contribution in [0.5, 0.6) is 0 Å². The molecule has 0 amide bonds. The summed E-state index contributed by atoms with van der Waals surface area (Å²) < 4.78 is 41.3. The molecule has 158 valence electrons. The fraction of sp³-hybridized carbons (Fsp3) is 0.286. The number of hydrogen-bond donors (Lipinski definition) is 1. The normalized spacial score (nSPS) is 14.8. The first kappa shape index (κ1) is 22.1. The summed E-state index contributed by atoms with van der Waals surface area (Å²) in [6.07, 6.45) is 8.51. The second-order valence-electron chi connectivity index (χ2n) is 7.19. The maximum atomic E-state index is 14.8. The standard InChI is InChI=1S/C21H21FN4O2S.ClH/c22-19-11-14(8-9-17(19)15-12-25-21(23)26-13-15)18-7-4-10-24-20(18)29(27,28)16-5-2-1-3-6-16;/h4,7-13,16H,1-3,5-6H2,(H2,23,25,26);1H. The molecule has 0 atom stereocenters. The molecule has 1 saturated carbocycles. The van der Waals surface area contributed by atoms with E-state index in [0.29, 0.717) is 35.1 Å². The van der Waals surface area contributed by atoms with Crippen LogP contribution in [-0.4, -0.2) is 28.6 Å². The Balaban J connectivity index is 0.00000256. The number of halogens is 2. The largest absolute Gasteiger partial charge is 0.368 e. The van der Waals surface area contributed by atoms with Gasteiger partial charge in [-0.3, -0.25) is 0 Å². The minimum absolute atomic E-state index is 0. The van der Waals surface area contributed by atoms with Gasteiger partial charge in [-0.1, -0.05) is 31.4 Å². The van der Waals surface area contributed by atoms with E-state index in [2.05, 4.69) is 15.0 Å². The lowest BCUT2D eigenvalue weighted by Crippen LogP contribution is -2.25. The van der Waals surface area contributed by atoms with E-state index in [9.17, 15) is 12.8 Å². The van der Waals surface area contributed by atoms with Crippen molar-refractivity contribution in [2.24, 2.45) is 0 Å². The molecule has 2 N–H and O–H groups in total. The van der Waals surface area contributed by atoms with Gasteiger partial charge in [0.1, 0.15) is 5.82 Å². The highest BCUT2D eigenvalue weighted by Gasteiger charge is 2.32. The van der Waals surface area contributed by atoms with Gasteiger partial charge in [-0.05, 0) is 36.6 Å². The molecular weight excluding hydrogens is 427 g/mol. The third kappa shape index (κ3) is 4.29. The maximum Gasteiger partial charge on any atom is 0.219 e. The number of nitrogens with two attached hydrogens (primary N) is 1. The number of pyridine rings is 1. The predicted octanol–water partition coefficient (Wildman–Crippen LogP) is 4.46. The van der Waals surface area contributed by atoms with Crippen LogP contribution in [0.3, 0.4) is 0 Å². The molecule has 1 aliphatic carbocycles. The number of sulfone groups is 1. The van der Waals surface area contributed by atoms with Gasteiger partial charge in [0.25, 0.3) is 0 Å². The van der Waals surface area contributed by atoms with Crippen LogP contribution in [0.15, 0.2) is 53.9 Å². The summed E-state index contributed by atoms with van der Waals surface area (Å²) in [4.78, 5) is 11.9. The van der Waals surface area contributed by atoms with E-state index in [0.717, 1.165) is 19.3 Å². The molecule has 1 aromatic carbocycles. The van der Waals surface area contributed by atoms with E-state index >= 15 is 0 Å². The lowest BCUT2D eigenvalue weighted by Gasteiger charge is -2.22. The minimum atomic E-state index is -3.59. The van der Waals surface area contributed by atoms with E-state index < -0.39 is 20.9 Å². The maximum absolute atomic E-state index is 14.8. The Morgan fingerprint density at radius 1 is 0.933 bits per heavy atom. The van der Waals surface area contributed by atoms with E-state index in [-0.39, 0.29) is 23.4 Å². The van der Waals surface area contributed by atoms with Gasteiger partial charge in [0.15, 0.2) is 14.9 Å². The molecule has 0 radical (unpaired) electrons. The molecule has 2 heterocycles. The molecule has 0 spiro atoms. The van der Waals surface area contributed by atoms with Crippen LogP contribution in [0.4, 0.5) is 10.3 Å². The highest BCUT2D eigenvalue weighted by atomic mass is 35.5. The molecule has 2 aromatic heterocycles. The molecule has 1 fully saturated rings. The number of anilines is 1. The molecule has 6 nitrogen and oxygen atoms in total. The molecular formula is C21H22ClFN4O2S. The van der Waals surface area contributed by atoms with Crippen molar-refractivity contribution in [2.45, 2.75) is 42.4 Å². The Hall–Kier alpha value is -2.58. The minimum Gasteiger partial charge on any atom is -0.368 e. The Labute approximate surface area is 181 Å². The van der Waals surface area contributed by atoms with Crippen molar-refractivity contribution in [1.29, 1.82) is 0 Å². The zero-order valence-electron chi connectivity index (χ0n) is 16.2. The molecule has 1 aliphatic rings. The van der Waals surface area contributed by atoms with Crippen molar-refractivity contribution in [2.75, 3.05) is 5.73 Å². The number of aromatic nitrogens is 3. The molecule has 0 bridgehead atoms. The Bertz CT molecular complexity index is 1130. The average Bonchev–Trinajstić information content (AvgIpc) is 2.75. The van der Waals surface area contributed by atoms with E-state index in [4.69, 9.17) is 5.73 Å². The summed E-state index contributed by atoms with van der Waals surface area (Å²) in [6.45, 7) is 0. The highest BCUT2D eigenvalue weighted by Crippen LogP contribution is 2.34. The van der Waals surface area contributed by atoms with Gasteiger partial charge >= 0.3 is 0 Å². The van der Waals surface area contributed by atoms with Crippen molar-refractivity contribution in [1.82, 2.24) is 15.0 Å². The van der Waals surface area contributed by atoms with Gasteiger partial charge in [0, 0.05) is 35.3 Å². The van der Waals surface area contributed by atoms with Gasteiger partial charge in [0.05, 0.1) is 5.25 Å². The SMILES string of the molecule is Cl.Nc1ncc(-c2ccc(-c3cccnc3S(=O)(=O)C3CCCCC3)cc2F)cn1. The fourth-order valence-corrected chi connectivity index (χ4v) is 5.73. The Morgan fingerprint density at radius 3 is 2.30 bits per heavy atom. The monoisotopic (exact) mass is 448 g/mol. The summed E-state index contributed by atoms with van der Waals surface area (Å²) in [5, 5.41) is -0.407. The molecule has 0 aliphatic heterocycles. The van der Waals surface area contributed by atoms with Crippen LogP contribution in [0.1, 0.15) is 32.1 Å². The van der Waals surface area contributed by atoms with Gasteiger partial charge in [-0.25, -0.2) is 27.8 Å². The summed E-state index contributed by atoms with van der Waals surface area (Å²) in [5.41, 5.74) is 7.16. The van der Waals surface area contributed by atoms with Gasteiger partial charge < -0.3 is 5.73 Å². The van der Waals surface area contributed by atoms with E-state index in [1.807, 2.05) is 0 Å². The summed E-state index contributed by atoms with van der Waals surface area (Å²) in [6, 6.07) is 7.93. The van der Waals surface area contributed by atoms with Gasteiger partial charge in [0.2, 0.25) is 5.95 Å². The highest BCUT2D eigenvalue weighted by molar-refractivity contribution is 7.92. The number of benzene rings is 1. The van der Waals surface area contributed by atoms with E-state index in [1.165, 1.54) is 24.7 Å². The second-order valence-corrected chi connectivity index (χ2v) is 9.33. The number of nitrogens with zero attached hydrogens (tertiary/aromatic N) is 3. The average molecular weight is 449 g/mol. The van der Waals surface area contributed by atoms with Crippen molar-refractivity contribution in [3.05, 3.63) is 54.7 Å². The zero-order chi connectivity index (χ0) is 20.4. The third-order valence-corrected chi connectivity index (χ3v) is 7.51. The fourth-order valence-electron chi connectivity index (χ4n) is 3.76. The van der Waals surface area contributed by atoms with Crippen molar-refractivity contribution in [3.63, 3.8) is 0 Å². The first-order valence-corrected chi connectivity index (χ1v) is 11.1. The van der Waals surface area contributed by atoms with Crippen LogP contribution in [-0.2, 0) is 9.84 Å². The smallest absolute Gasteiger partial charge is 0.219 e. The van der Waals surface area contributed by atoms with Crippen LogP contribution < -0.4 is 5.73 Å².